The molecule has 4 heteroatoms. The highest BCUT2D eigenvalue weighted by Crippen LogP contribution is 2.28. The lowest BCUT2D eigenvalue weighted by Gasteiger charge is -2.23. The van der Waals surface area contributed by atoms with Crippen LogP contribution in [0.1, 0.15) is 19.3 Å². The normalized spacial score (nSPS) is 25.9. The molecule has 1 aliphatic heterocycles. The Morgan fingerprint density at radius 1 is 1.31 bits per heavy atom. The molecule has 0 aromatic heterocycles. The number of rotatable bonds is 8. The maximum absolute atomic E-state index is 5.55. The van der Waals surface area contributed by atoms with Crippen LogP contribution in [-0.4, -0.2) is 52.1 Å². The van der Waals surface area contributed by atoms with E-state index in [1.807, 2.05) is 0 Å². The Morgan fingerprint density at radius 2 is 2.25 bits per heavy atom. The summed E-state index contributed by atoms with van der Waals surface area (Å²) in [6.07, 6.45) is 3.89. The standard InChI is InChI=1S/C12H24N2O2/c1-2-11(1)9-15-7-5-13-4-3-12-10-16-8-6-14-12/h11-14H,1-10H2. The highest BCUT2D eigenvalue weighted by molar-refractivity contribution is 4.72. The first-order valence-corrected chi connectivity index (χ1v) is 6.55. The Bertz CT molecular complexity index is 180. The molecule has 0 radical (unpaired) electrons. The van der Waals surface area contributed by atoms with Gasteiger partial charge in [0.15, 0.2) is 0 Å². The molecule has 1 saturated heterocycles. The molecule has 2 fully saturated rings. The van der Waals surface area contributed by atoms with E-state index in [4.69, 9.17) is 9.47 Å². The van der Waals surface area contributed by atoms with Gasteiger partial charge in [0.05, 0.1) is 19.8 Å². The van der Waals surface area contributed by atoms with E-state index in [2.05, 4.69) is 10.6 Å². The zero-order chi connectivity index (χ0) is 11.1. The molecule has 16 heavy (non-hydrogen) atoms. The van der Waals surface area contributed by atoms with E-state index in [-0.39, 0.29) is 0 Å². The van der Waals surface area contributed by atoms with Crippen molar-refractivity contribution in [3.63, 3.8) is 0 Å². The second-order valence-electron chi connectivity index (χ2n) is 4.78. The molecule has 2 rings (SSSR count). The van der Waals surface area contributed by atoms with Gasteiger partial charge in [-0.3, -0.25) is 0 Å². The van der Waals surface area contributed by atoms with Gasteiger partial charge in [0.1, 0.15) is 0 Å². The fourth-order valence-corrected chi connectivity index (χ4v) is 1.89. The molecule has 1 unspecified atom stereocenters. The molecule has 94 valence electrons. The first kappa shape index (κ1) is 12.3. The summed E-state index contributed by atoms with van der Waals surface area (Å²) in [7, 11) is 0. The minimum absolute atomic E-state index is 0.536. The highest BCUT2D eigenvalue weighted by Gasteiger charge is 2.20. The summed E-state index contributed by atoms with van der Waals surface area (Å²) in [4.78, 5) is 0. The summed E-state index contributed by atoms with van der Waals surface area (Å²) < 4.78 is 10.9. The number of morpholine rings is 1. The third-order valence-corrected chi connectivity index (χ3v) is 3.14. The van der Waals surface area contributed by atoms with E-state index in [9.17, 15) is 0 Å². The van der Waals surface area contributed by atoms with Gasteiger partial charge in [-0.1, -0.05) is 0 Å². The molecule has 2 N–H and O–H groups in total. The monoisotopic (exact) mass is 228 g/mol. The Morgan fingerprint density at radius 3 is 3.00 bits per heavy atom. The van der Waals surface area contributed by atoms with Crippen molar-refractivity contribution in [1.29, 1.82) is 0 Å². The van der Waals surface area contributed by atoms with Gasteiger partial charge >= 0.3 is 0 Å². The van der Waals surface area contributed by atoms with E-state index >= 15 is 0 Å². The van der Waals surface area contributed by atoms with Crippen LogP contribution in [0, 0.1) is 5.92 Å². The van der Waals surface area contributed by atoms with Crippen molar-refractivity contribution in [3.05, 3.63) is 0 Å². The van der Waals surface area contributed by atoms with Crippen LogP contribution in [-0.2, 0) is 9.47 Å². The van der Waals surface area contributed by atoms with Crippen molar-refractivity contribution >= 4 is 0 Å². The van der Waals surface area contributed by atoms with Gasteiger partial charge in [-0.15, -0.1) is 0 Å². The molecular weight excluding hydrogens is 204 g/mol. The zero-order valence-electron chi connectivity index (χ0n) is 10.0. The smallest absolute Gasteiger partial charge is 0.0620 e. The molecule has 0 amide bonds. The molecule has 0 spiro atoms. The fraction of sp³-hybridized carbons (Fsp3) is 1.00. The number of nitrogens with one attached hydrogen (secondary N) is 2. The summed E-state index contributed by atoms with van der Waals surface area (Å²) >= 11 is 0. The van der Waals surface area contributed by atoms with E-state index in [0.717, 1.165) is 58.4 Å². The van der Waals surface area contributed by atoms with Crippen molar-refractivity contribution in [2.75, 3.05) is 46.1 Å². The van der Waals surface area contributed by atoms with E-state index in [1.165, 1.54) is 12.8 Å². The van der Waals surface area contributed by atoms with Crippen molar-refractivity contribution in [2.45, 2.75) is 25.3 Å². The lowest BCUT2D eigenvalue weighted by atomic mass is 10.2. The summed E-state index contributed by atoms with van der Waals surface area (Å²) in [5.41, 5.74) is 0. The predicted octanol–water partition coefficient (Wildman–Crippen LogP) is 0.381. The van der Waals surface area contributed by atoms with Crippen LogP contribution >= 0.6 is 0 Å². The molecule has 2 aliphatic rings. The third kappa shape index (κ3) is 5.25. The molecule has 0 aromatic rings. The van der Waals surface area contributed by atoms with Crippen LogP contribution in [0.5, 0.6) is 0 Å². The van der Waals surface area contributed by atoms with Crippen molar-refractivity contribution in [1.82, 2.24) is 10.6 Å². The number of ether oxygens (including phenoxy) is 2. The van der Waals surface area contributed by atoms with Crippen LogP contribution in [0.2, 0.25) is 0 Å². The molecular formula is C12H24N2O2. The molecule has 1 atom stereocenters. The van der Waals surface area contributed by atoms with Gasteiger partial charge < -0.3 is 20.1 Å². The molecule has 1 heterocycles. The second-order valence-corrected chi connectivity index (χ2v) is 4.78. The average molecular weight is 228 g/mol. The van der Waals surface area contributed by atoms with Gasteiger partial charge in [0.25, 0.3) is 0 Å². The van der Waals surface area contributed by atoms with Crippen LogP contribution in [0.4, 0.5) is 0 Å². The van der Waals surface area contributed by atoms with E-state index in [0.29, 0.717) is 6.04 Å². The van der Waals surface area contributed by atoms with Crippen LogP contribution in [0.25, 0.3) is 0 Å². The molecule has 0 bridgehead atoms. The summed E-state index contributed by atoms with van der Waals surface area (Å²) in [5, 5.41) is 6.85. The summed E-state index contributed by atoms with van der Waals surface area (Å²) in [5.74, 6) is 0.878. The molecule has 1 aliphatic carbocycles. The largest absolute Gasteiger partial charge is 0.380 e. The summed E-state index contributed by atoms with van der Waals surface area (Å²) in [6.45, 7) is 6.56. The van der Waals surface area contributed by atoms with Crippen molar-refractivity contribution < 1.29 is 9.47 Å². The first-order chi connectivity index (χ1) is 7.95. The lowest BCUT2D eigenvalue weighted by molar-refractivity contribution is 0.0738. The Kier molecular flexibility index (Phi) is 5.55. The molecule has 0 aromatic carbocycles. The fourth-order valence-electron chi connectivity index (χ4n) is 1.89. The second kappa shape index (κ2) is 7.22. The SMILES string of the molecule is C(COCC1CC1)NCCC1COCCN1. The van der Waals surface area contributed by atoms with Gasteiger partial charge in [-0.05, 0) is 31.7 Å². The highest BCUT2D eigenvalue weighted by atomic mass is 16.5. The predicted molar refractivity (Wildman–Crippen MR) is 63.6 cm³/mol. The van der Waals surface area contributed by atoms with Crippen LogP contribution < -0.4 is 10.6 Å². The minimum atomic E-state index is 0.536. The molecule has 4 nitrogen and oxygen atoms in total. The summed E-state index contributed by atoms with van der Waals surface area (Å²) in [6, 6.07) is 0.536. The Labute approximate surface area is 98.1 Å². The number of hydrogen-bond acceptors (Lipinski definition) is 4. The van der Waals surface area contributed by atoms with Crippen LogP contribution in [0.3, 0.4) is 0 Å². The van der Waals surface area contributed by atoms with Gasteiger partial charge in [0.2, 0.25) is 0 Å². The van der Waals surface area contributed by atoms with E-state index in [1.54, 1.807) is 0 Å². The minimum Gasteiger partial charge on any atom is -0.380 e. The van der Waals surface area contributed by atoms with Gasteiger partial charge in [0, 0.05) is 25.7 Å². The number of hydrogen-bond donors (Lipinski definition) is 2. The third-order valence-electron chi connectivity index (χ3n) is 3.14. The Hall–Kier alpha value is -0.160. The van der Waals surface area contributed by atoms with Gasteiger partial charge in [-0.2, -0.15) is 0 Å². The average Bonchev–Trinajstić information content (AvgIpc) is 3.13. The topological polar surface area (TPSA) is 42.5 Å². The van der Waals surface area contributed by atoms with Crippen LogP contribution in [0.15, 0.2) is 0 Å². The van der Waals surface area contributed by atoms with Crippen molar-refractivity contribution in [2.24, 2.45) is 5.92 Å². The van der Waals surface area contributed by atoms with Gasteiger partial charge in [-0.25, -0.2) is 0 Å². The maximum atomic E-state index is 5.55. The van der Waals surface area contributed by atoms with Crippen molar-refractivity contribution in [3.8, 4) is 0 Å². The lowest BCUT2D eigenvalue weighted by Crippen LogP contribution is -2.42. The van der Waals surface area contributed by atoms with E-state index < -0.39 is 0 Å². The molecule has 1 saturated carbocycles. The zero-order valence-corrected chi connectivity index (χ0v) is 10.0. The first-order valence-electron chi connectivity index (χ1n) is 6.55. The Balaban J connectivity index is 1.33. The maximum Gasteiger partial charge on any atom is 0.0620 e. The quantitative estimate of drug-likeness (QED) is 0.590.